The molecular weight excluding hydrogens is 290 g/mol. The number of hydrogen-bond acceptors (Lipinski definition) is 6. The first kappa shape index (κ1) is 16.2. The first-order valence-corrected chi connectivity index (χ1v) is 6.98. The Morgan fingerprint density at radius 2 is 1.55 bits per heavy atom. The molecule has 120 valence electrons. The molecule has 7 nitrogen and oxygen atoms in total. The maximum Gasteiger partial charge on any atom is 0.327 e. The number of carbonyl (C=O) groups excluding carboxylic acids is 3. The minimum absolute atomic E-state index is 0.374. The van der Waals surface area contributed by atoms with Crippen LogP contribution >= 0.6 is 0 Å². The summed E-state index contributed by atoms with van der Waals surface area (Å²) in [6.07, 6.45) is 4.25. The van der Waals surface area contributed by atoms with Gasteiger partial charge in [-0.15, -0.1) is 0 Å². The normalized spacial score (nSPS) is 17.0. The third kappa shape index (κ3) is 2.76. The van der Waals surface area contributed by atoms with Gasteiger partial charge >= 0.3 is 11.9 Å². The van der Waals surface area contributed by atoms with Crippen molar-refractivity contribution in [2.75, 3.05) is 27.4 Å². The lowest BCUT2D eigenvalue weighted by molar-refractivity contribution is -0.165. The van der Waals surface area contributed by atoms with Gasteiger partial charge in [0, 0.05) is 38.4 Å². The monoisotopic (exact) mass is 309 g/mol. The smallest absolute Gasteiger partial charge is 0.327 e. The van der Waals surface area contributed by atoms with Crippen molar-refractivity contribution in [2.24, 2.45) is 5.92 Å². The van der Waals surface area contributed by atoms with E-state index >= 15 is 0 Å². The van der Waals surface area contributed by atoms with Crippen LogP contribution in [0.15, 0.2) is 24.5 Å². The van der Waals surface area contributed by atoms with Gasteiger partial charge in [0.15, 0.2) is 5.78 Å². The number of ketones is 1. The second-order valence-corrected chi connectivity index (χ2v) is 5.08. The average Bonchev–Trinajstić information content (AvgIpc) is 3.10. The Morgan fingerprint density at radius 1 is 1.05 bits per heavy atom. The zero-order chi connectivity index (χ0) is 16.2. The Hall–Kier alpha value is -2.15. The number of rotatable bonds is 5. The number of aromatic nitrogens is 1. The maximum atomic E-state index is 13.0. The van der Waals surface area contributed by atoms with Crippen molar-refractivity contribution in [3.63, 3.8) is 0 Å². The molecule has 1 aliphatic rings. The van der Waals surface area contributed by atoms with E-state index in [4.69, 9.17) is 4.74 Å². The molecule has 1 aliphatic heterocycles. The molecule has 0 spiro atoms. The highest BCUT2D eigenvalue weighted by molar-refractivity contribution is 6.17. The van der Waals surface area contributed by atoms with Gasteiger partial charge in [-0.3, -0.25) is 14.4 Å². The van der Waals surface area contributed by atoms with Crippen LogP contribution in [0.2, 0.25) is 0 Å². The van der Waals surface area contributed by atoms with E-state index < -0.39 is 29.2 Å². The molecule has 0 amide bonds. The summed E-state index contributed by atoms with van der Waals surface area (Å²) in [5, 5.41) is 0. The van der Waals surface area contributed by atoms with E-state index in [0.717, 1.165) is 14.2 Å². The van der Waals surface area contributed by atoms with Gasteiger partial charge in [0.2, 0.25) is 5.92 Å². The Kier molecular flexibility index (Phi) is 4.97. The predicted octanol–water partition coefficient (Wildman–Crippen LogP) is 0.525. The molecule has 1 fully saturated rings. The van der Waals surface area contributed by atoms with Gasteiger partial charge in [0.1, 0.15) is 5.54 Å². The highest BCUT2D eigenvalue weighted by atomic mass is 16.5. The molecule has 0 aliphatic carbocycles. The first-order valence-electron chi connectivity index (χ1n) is 6.98. The highest BCUT2D eigenvalue weighted by Gasteiger charge is 2.50. The van der Waals surface area contributed by atoms with Crippen molar-refractivity contribution in [2.45, 2.75) is 18.4 Å². The number of methoxy groups -OCH3 is 2. The number of nitrogens with zero attached hydrogens (tertiary/aromatic N) is 1. The van der Waals surface area contributed by atoms with E-state index in [1.165, 1.54) is 0 Å². The Labute approximate surface area is 128 Å². The molecule has 1 aromatic rings. The zero-order valence-electron chi connectivity index (χ0n) is 12.6. The summed E-state index contributed by atoms with van der Waals surface area (Å²) in [4.78, 5) is 36.9. The van der Waals surface area contributed by atoms with Gasteiger partial charge in [-0.05, 0) is 12.1 Å². The van der Waals surface area contributed by atoms with E-state index in [9.17, 15) is 14.4 Å². The Balaban J connectivity index is 2.43. The zero-order valence-corrected chi connectivity index (χ0v) is 12.6. The van der Waals surface area contributed by atoms with Crippen LogP contribution in [0.25, 0.3) is 0 Å². The molecule has 2 rings (SSSR count). The molecule has 7 heteroatoms. The van der Waals surface area contributed by atoms with Gasteiger partial charge in [0.05, 0.1) is 14.2 Å². The van der Waals surface area contributed by atoms with Crippen molar-refractivity contribution < 1.29 is 28.6 Å². The van der Waals surface area contributed by atoms with Crippen LogP contribution in [-0.4, -0.2) is 49.7 Å². The molecule has 0 aromatic carbocycles. The largest absolute Gasteiger partial charge is 0.468 e. The van der Waals surface area contributed by atoms with Crippen LogP contribution in [0.5, 0.6) is 0 Å². The van der Waals surface area contributed by atoms with Gasteiger partial charge in [-0.25, -0.2) is 0 Å². The van der Waals surface area contributed by atoms with Gasteiger partial charge in [0.25, 0.3) is 0 Å². The third-order valence-corrected chi connectivity index (χ3v) is 4.01. The van der Waals surface area contributed by atoms with E-state index in [2.05, 4.69) is 9.47 Å². The molecule has 0 bridgehead atoms. The van der Waals surface area contributed by atoms with Crippen LogP contribution in [-0.2, 0) is 34.1 Å². The van der Waals surface area contributed by atoms with Gasteiger partial charge in [-0.1, -0.05) is 0 Å². The molecule has 0 N–H and O–H groups in total. The maximum absolute atomic E-state index is 13.0. The summed E-state index contributed by atoms with van der Waals surface area (Å²) < 4.78 is 16.3. The van der Waals surface area contributed by atoms with Gasteiger partial charge in [-0.2, -0.15) is 0 Å². The number of hydrogen-bond donors (Lipinski definition) is 0. The summed E-state index contributed by atoms with van der Waals surface area (Å²) in [5.41, 5.74) is -1.01. The molecule has 0 unspecified atom stereocenters. The fraction of sp³-hybridized carbons (Fsp3) is 0.533. The van der Waals surface area contributed by atoms with E-state index in [-0.39, 0.29) is 0 Å². The lowest BCUT2D eigenvalue weighted by Crippen LogP contribution is -2.52. The predicted molar refractivity (Wildman–Crippen MR) is 75.0 cm³/mol. The summed E-state index contributed by atoms with van der Waals surface area (Å²) >= 11 is 0. The van der Waals surface area contributed by atoms with Crippen molar-refractivity contribution >= 4 is 17.7 Å². The van der Waals surface area contributed by atoms with Crippen molar-refractivity contribution in [3.8, 4) is 0 Å². The van der Waals surface area contributed by atoms with Gasteiger partial charge < -0.3 is 18.8 Å². The number of carbonyl (C=O) groups is 3. The lowest BCUT2D eigenvalue weighted by atomic mass is 9.79. The molecule has 1 aromatic heterocycles. The Bertz CT molecular complexity index is 528. The molecule has 2 heterocycles. The molecule has 22 heavy (non-hydrogen) atoms. The summed E-state index contributed by atoms with van der Waals surface area (Å²) in [6.45, 7) is 0.748. The molecule has 0 atom stereocenters. The molecule has 0 saturated carbocycles. The standard InChI is InChI=1S/C15H19NO6/c1-20-13(18)11(14(19)21-2)12(17)15(5-9-22-10-6-15)16-7-3-4-8-16/h3-4,7-8,11H,5-6,9-10H2,1-2H3. The van der Waals surface area contributed by atoms with Crippen LogP contribution in [0.4, 0.5) is 0 Å². The van der Waals surface area contributed by atoms with Crippen LogP contribution in [0.3, 0.4) is 0 Å². The molecule has 1 saturated heterocycles. The first-order chi connectivity index (χ1) is 10.6. The Morgan fingerprint density at radius 3 is 2.00 bits per heavy atom. The minimum atomic E-state index is -1.59. The quantitative estimate of drug-likeness (QED) is 0.582. The number of esters is 2. The third-order valence-electron chi connectivity index (χ3n) is 4.01. The fourth-order valence-electron chi connectivity index (χ4n) is 2.78. The fourth-order valence-corrected chi connectivity index (χ4v) is 2.78. The minimum Gasteiger partial charge on any atom is -0.468 e. The average molecular weight is 309 g/mol. The van der Waals surface area contributed by atoms with Crippen LogP contribution in [0.1, 0.15) is 12.8 Å². The summed E-state index contributed by atoms with van der Waals surface area (Å²) in [5.74, 6) is -3.93. The number of Topliss-reactive ketones (excluding diaryl/α,β-unsaturated/α-hetero) is 1. The lowest BCUT2D eigenvalue weighted by Gasteiger charge is -2.38. The van der Waals surface area contributed by atoms with Crippen molar-refractivity contribution in [1.82, 2.24) is 4.57 Å². The van der Waals surface area contributed by atoms with E-state index in [1.54, 1.807) is 29.1 Å². The van der Waals surface area contributed by atoms with E-state index in [0.29, 0.717) is 26.1 Å². The number of ether oxygens (including phenoxy) is 3. The second-order valence-electron chi connectivity index (χ2n) is 5.08. The topological polar surface area (TPSA) is 83.8 Å². The van der Waals surface area contributed by atoms with Crippen LogP contribution < -0.4 is 0 Å². The van der Waals surface area contributed by atoms with E-state index in [1.807, 2.05) is 0 Å². The molecule has 0 radical (unpaired) electrons. The van der Waals surface area contributed by atoms with Crippen LogP contribution in [0, 0.1) is 5.92 Å². The SMILES string of the molecule is COC(=O)C(C(=O)OC)C(=O)C1(n2cccc2)CCOCC1. The highest BCUT2D eigenvalue weighted by Crippen LogP contribution is 2.33. The van der Waals surface area contributed by atoms with Crippen molar-refractivity contribution in [3.05, 3.63) is 24.5 Å². The summed E-state index contributed by atoms with van der Waals surface area (Å²) in [7, 11) is 2.27. The van der Waals surface area contributed by atoms with Crippen molar-refractivity contribution in [1.29, 1.82) is 0 Å². The molecular formula is C15H19NO6. The second kappa shape index (κ2) is 6.74. The summed E-state index contributed by atoms with van der Waals surface area (Å²) in [6, 6.07) is 3.57.